The lowest BCUT2D eigenvalue weighted by atomic mass is 9.99. The second-order valence-electron chi connectivity index (χ2n) is 7.27. The first kappa shape index (κ1) is 25.0. The van der Waals surface area contributed by atoms with Crippen molar-refractivity contribution < 1.29 is 64.2 Å². The molecule has 5 atom stereocenters. The summed E-state index contributed by atoms with van der Waals surface area (Å²) in [7, 11) is 2.59. The highest BCUT2D eigenvalue weighted by Gasteiger charge is 2.45. The Balaban J connectivity index is 1.73. The highest BCUT2D eigenvalue weighted by atomic mass is 16.7. The zero-order chi connectivity index (χ0) is 25.2. The average molecular weight is 484 g/mol. The Morgan fingerprint density at radius 1 is 0.853 bits per heavy atom. The van der Waals surface area contributed by atoms with Crippen LogP contribution in [0.4, 0.5) is 0 Å². The highest BCUT2D eigenvalue weighted by Crippen LogP contribution is 2.41. The second kappa shape index (κ2) is 10.1. The van der Waals surface area contributed by atoms with Crippen molar-refractivity contribution in [2.24, 2.45) is 0 Å². The van der Waals surface area contributed by atoms with Gasteiger partial charge in [-0.3, -0.25) is 0 Å². The number of hydrogen-bond donors (Lipinski definition) is 7. The van der Waals surface area contributed by atoms with E-state index >= 15 is 0 Å². The third-order valence-corrected chi connectivity index (χ3v) is 5.06. The van der Waals surface area contributed by atoms with Crippen LogP contribution in [0.3, 0.4) is 0 Å². The largest absolute Gasteiger partial charge is 0.504 e. The Morgan fingerprint density at radius 2 is 1.41 bits per heavy atom. The molecule has 0 aromatic heterocycles. The van der Waals surface area contributed by atoms with Gasteiger partial charge in [-0.2, -0.15) is 0 Å². The van der Waals surface area contributed by atoms with Crippen LogP contribution in [0.2, 0.25) is 0 Å². The fraction of sp³-hybridized carbons (Fsp3) is 0.381. The number of hydrogen-bond acceptors (Lipinski definition) is 13. The first-order valence-corrected chi connectivity index (χ1v) is 9.80. The number of aromatic hydroxyl groups is 4. The lowest BCUT2D eigenvalue weighted by Gasteiger charge is -2.39. The number of aliphatic hydroxyl groups is 3. The van der Waals surface area contributed by atoms with Crippen LogP contribution in [-0.4, -0.2) is 93.2 Å². The Labute approximate surface area is 192 Å². The van der Waals surface area contributed by atoms with Crippen LogP contribution >= 0.6 is 0 Å². The molecule has 13 nitrogen and oxygen atoms in total. The van der Waals surface area contributed by atoms with E-state index in [0.29, 0.717) is 0 Å². The predicted octanol–water partition coefficient (Wildman–Crippen LogP) is -0.430. The van der Waals surface area contributed by atoms with Gasteiger partial charge in [-0.15, -0.1) is 0 Å². The SMILES string of the molecule is COc1cc(O[C@@H]2O[C@H](COC(=O)c3cc(O)c(O)c(O)c3)[C@@H](O)[C@H](O)[C@H]2O)cc(OC)c1O. The van der Waals surface area contributed by atoms with Gasteiger partial charge in [0.1, 0.15) is 36.8 Å². The number of esters is 1. The van der Waals surface area contributed by atoms with Gasteiger partial charge < -0.3 is 59.4 Å². The number of phenolic OH excluding ortho intramolecular Hbond substituents is 4. The maximum atomic E-state index is 12.2. The lowest BCUT2D eigenvalue weighted by molar-refractivity contribution is -0.277. The number of rotatable bonds is 7. The van der Waals surface area contributed by atoms with Crippen LogP contribution in [-0.2, 0) is 9.47 Å². The van der Waals surface area contributed by atoms with Crippen molar-refractivity contribution in [2.45, 2.75) is 30.7 Å². The Morgan fingerprint density at radius 3 is 1.94 bits per heavy atom. The van der Waals surface area contributed by atoms with Gasteiger partial charge >= 0.3 is 5.97 Å². The molecule has 0 aliphatic carbocycles. The van der Waals surface area contributed by atoms with E-state index in [1.807, 2.05) is 0 Å². The maximum Gasteiger partial charge on any atom is 0.338 e. The van der Waals surface area contributed by atoms with Crippen LogP contribution in [0.15, 0.2) is 24.3 Å². The molecule has 0 amide bonds. The molecule has 0 bridgehead atoms. The van der Waals surface area contributed by atoms with Crippen LogP contribution in [0.5, 0.6) is 40.2 Å². The Bertz CT molecular complexity index is 991. The van der Waals surface area contributed by atoms with E-state index in [4.69, 9.17) is 23.7 Å². The normalized spacial score (nSPS) is 24.3. The maximum absolute atomic E-state index is 12.2. The van der Waals surface area contributed by atoms with E-state index in [1.165, 1.54) is 26.4 Å². The Kier molecular flexibility index (Phi) is 7.41. The zero-order valence-electron chi connectivity index (χ0n) is 18.0. The van der Waals surface area contributed by atoms with Gasteiger partial charge in [0.25, 0.3) is 0 Å². The summed E-state index contributed by atoms with van der Waals surface area (Å²) in [5, 5.41) is 69.1. The topological polar surface area (TPSA) is 205 Å². The molecule has 0 radical (unpaired) electrons. The first-order chi connectivity index (χ1) is 16.1. The quantitative estimate of drug-likeness (QED) is 0.197. The van der Waals surface area contributed by atoms with E-state index in [2.05, 4.69) is 0 Å². The van der Waals surface area contributed by atoms with Gasteiger partial charge in [0.2, 0.25) is 12.0 Å². The molecule has 0 saturated carbocycles. The fourth-order valence-corrected chi connectivity index (χ4v) is 3.19. The van der Waals surface area contributed by atoms with E-state index < -0.39 is 60.5 Å². The summed E-state index contributed by atoms with van der Waals surface area (Å²) >= 11 is 0. The number of benzene rings is 2. The molecule has 1 saturated heterocycles. The van der Waals surface area contributed by atoms with Crippen molar-refractivity contribution in [3.63, 3.8) is 0 Å². The van der Waals surface area contributed by atoms with E-state index in [1.54, 1.807) is 0 Å². The van der Waals surface area contributed by atoms with Crippen molar-refractivity contribution in [1.82, 2.24) is 0 Å². The van der Waals surface area contributed by atoms with E-state index in [-0.39, 0.29) is 28.6 Å². The summed E-state index contributed by atoms with van der Waals surface area (Å²) in [5.74, 6) is -3.67. The van der Waals surface area contributed by atoms with Gasteiger partial charge in [-0.05, 0) is 12.1 Å². The number of carbonyl (C=O) groups excluding carboxylic acids is 1. The van der Waals surface area contributed by atoms with Crippen LogP contribution in [0.25, 0.3) is 0 Å². The third-order valence-electron chi connectivity index (χ3n) is 5.06. The van der Waals surface area contributed by atoms with Crippen LogP contribution in [0.1, 0.15) is 10.4 Å². The van der Waals surface area contributed by atoms with Crippen LogP contribution in [0, 0.1) is 0 Å². The molecule has 13 heteroatoms. The van der Waals surface area contributed by atoms with Crippen LogP contribution < -0.4 is 14.2 Å². The molecule has 7 N–H and O–H groups in total. The standard InChI is InChI=1S/C21H24O13/c1-30-12-5-9(6-13(31-2)16(12)25)33-21-19(28)18(27)17(26)14(34-21)7-32-20(29)8-3-10(22)15(24)11(23)4-8/h3-6,14,17-19,21-28H,7H2,1-2H3/t14-,17-,18+,19-,21-/m1/s1. The minimum absolute atomic E-state index is 0.00823. The third kappa shape index (κ3) is 4.97. The average Bonchev–Trinajstić information content (AvgIpc) is 2.82. The molecule has 0 spiro atoms. The molecule has 186 valence electrons. The molecule has 1 heterocycles. The summed E-state index contributed by atoms with van der Waals surface area (Å²) in [6, 6.07) is 4.24. The molecule has 0 unspecified atom stereocenters. The molecular weight excluding hydrogens is 460 g/mol. The van der Waals surface area contributed by atoms with Gasteiger partial charge in [0, 0.05) is 12.1 Å². The number of carbonyl (C=O) groups is 1. The monoisotopic (exact) mass is 484 g/mol. The van der Waals surface area contributed by atoms with Crippen molar-refractivity contribution in [3.8, 4) is 40.2 Å². The molecule has 1 fully saturated rings. The lowest BCUT2D eigenvalue weighted by Crippen LogP contribution is -2.60. The molecule has 2 aromatic carbocycles. The molecule has 3 rings (SSSR count). The summed E-state index contributed by atoms with van der Waals surface area (Å²) in [6.07, 6.45) is -8.02. The smallest absolute Gasteiger partial charge is 0.338 e. The second-order valence-corrected chi connectivity index (χ2v) is 7.27. The minimum Gasteiger partial charge on any atom is -0.504 e. The summed E-state index contributed by atoms with van der Waals surface area (Å²) in [4.78, 5) is 12.2. The van der Waals surface area contributed by atoms with E-state index in [0.717, 1.165) is 12.1 Å². The number of ether oxygens (including phenoxy) is 5. The fourth-order valence-electron chi connectivity index (χ4n) is 3.19. The van der Waals surface area contributed by atoms with E-state index in [9.17, 15) is 40.5 Å². The summed E-state index contributed by atoms with van der Waals surface area (Å²) < 4.78 is 26.1. The molecule has 2 aromatic rings. The molecule has 1 aliphatic rings. The van der Waals surface area contributed by atoms with Crippen molar-refractivity contribution >= 4 is 5.97 Å². The molecule has 1 aliphatic heterocycles. The van der Waals surface area contributed by atoms with Crippen molar-refractivity contribution in [1.29, 1.82) is 0 Å². The van der Waals surface area contributed by atoms with Crippen molar-refractivity contribution in [2.75, 3.05) is 20.8 Å². The highest BCUT2D eigenvalue weighted by molar-refractivity contribution is 5.91. The van der Waals surface area contributed by atoms with Crippen molar-refractivity contribution in [3.05, 3.63) is 29.8 Å². The predicted molar refractivity (Wildman–Crippen MR) is 110 cm³/mol. The minimum atomic E-state index is -1.75. The summed E-state index contributed by atoms with van der Waals surface area (Å²) in [6.45, 7) is -0.617. The number of aliphatic hydroxyl groups excluding tert-OH is 3. The summed E-state index contributed by atoms with van der Waals surface area (Å²) in [5.41, 5.74) is -0.310. The van der Waals surface area contributed by atoms with Gasteiger partial charge in [0.15, 0.2) is 28.7 Å². The van der Waals surface area contributed by atoms with Gasteiger partial charge in [-0.1, -0.05) is 0 Å². The van der Waals surface area contributed by atoms with Gasteiger partial charge in [-0.25, -0.2) is 4.79 Å². The van der Waals surface area contributed by atoms with Gasteiger partial charge in [0.05, 0.1) is 19.8 Å². The number of phenols is 4. The Hall–Kier alpha value is -3.65. The molecular formula is C21H24O13. The number of methoxy groups -OCH3 is 2. The first-order valence-electron chi connectivity index (χ1n) is 9.80. The molecule has 34 heavy (non-hydrogen) atoms. The zero-order valence-corrected chi connectivity index (χ0v) is 18.0.